The van der Waals surface area contributed by atoms with Crippen LogP contribution in [-0.4, -0.2) is 25.2 Å². The molecule has 3 unspecified atom stereocenters. The van der Waals surface area contributed by atoms with Crippen molar-refractivity contribution in [3.8, 4) is 0 Å². The monoisotopic (exact) mass is 330 g/mol. The molecule has 3 N–H and O–H groups in total. The Morgan fingerprint density at radius 2 is 2.00 bits per heavy atom. The van der Waals surface area contributed by atoms with E-state index in [2.05, 4.69) is 5.32 Å². The highest BCUT2D eigenvalue weighted by molar-refractivity contribution is 5.78. The zero-order valence-electron chi connectivity index (χ0n) is 13.3. The number of nitrogens with one attached hydrogen (secondary N) is 1. The van der Waals surface area contributed by atoms with Gasteiger partial charge in [0, 0.05) is 12.1 Å². The summed E-state index contributed by atoms with van der Waals surface area (Å²) in [4.78, 5) is 12.1. The van der Waals surface area contributed by atoms with Crippen molar-refractivity contribution >= 4 is 5.97 Å². The van der Waals surface area contributed by atoms with Gasteiger partial charge < -0.3 is 10.5 Å². The quantitative estimate of drug-likeness (QED) is 0.833. The Bertz CT molecular complexity index is 587. The predicted molar refractivity (Wildman–Crippen MR) is 79.5 cm³/mol. The molecule has 0 radical (unpaired) electrons. The van der Waals surface area contributed by atoms with Gasteiger partial charge in [-0.15, -0.1) is 0 Å². The molecule has 3 atom stereocenters. The van der Waals surface area contributed by atoms with Crippen LogP contribution in [-0.2, 0) is 15.7 Å². The van der Waals surface area contributed by atoms with Crippen molar-refractivity contribution in [2.24, 2.45) is 11.1 Å². The molecule has 0 amide bonds. The lowest BCUT2D eigenvalue weighted by Gasteiger charge is -2.51. The van der Waals surface area contributed by atoms with E-state index in [-0.39, 0.29) is 23.1 Å². The van der Waals surface area contributed by atoms with Crippen LogP contribution in [0.25, 0.3) is 0 Å². The van der Waals surface area contributed by atoms with Gasteiger partial charge in [-0.1, -0.05) is 32.0 Å². The number of benzene rings is 1. The van der Waals surface area contributed by atoms with Gasteiger partial charge in [-0.3, -0.25) is 5.32 Å². The molecule has 1 aliphatic carbocycles. The number of hydrogen-bond acceptors (Lipinski definition) is 4. The summed E-state index contributed by atoms with van der Waals surface area (Å²) in [5.41, 5.74) is 4.65. The van der Waals surface area contributed by atoms with Crippen molar-refractivity contribution in [1.29, 1.82) is 0 Å². The summed E-state index contributed by atoms with van der Waals surface area (Å²) >= 11 is 0. The van der Waals surface area contributed by atoms with Crippen molar-refractivity contribution in [3.63, 3.8) is 0 Å². The maximum atomic E-state index is 13.2. The number of nitrogens with two attached hydrogens (primary N) is 1. The van der Waals surface area contributed by atoms with Gasteiger partial charge in [0.05, 0.1) is 12.7 Å². The second-order valence-electron chi connectivity index (χ2n) is 6.42. The smallest absolute Gasteiger partial charge is 0.416 e. The van der Waals surface area contributed by atoms with Crippen molar-refractivity contribution in [1.82, 2.24) is 5.32 Å². The summed E-state index contributed by atoms with van der Waals surface area (Å²) in [7, 11) is 1.16. The average molecular weight is 330 g/mol. The van der Waals surface area contributed by atoms with Gasteiger partial charge in [-0.2, -0.15) is 13.2 Å². The lowest BCUT2D eigenvalue weighted by molar-refractivity contribution is -0.146. The Kier molecular flexibility index (Phi) is 4.73. The van der Waals surface area contributed by atoms with Gasteiger partial charge in [0.2, 0.25) is 0 Å². The van der Waals surface area contributed by atoms with Crippen molar-refractivity contribution in [2.45, 2.75) is 44.6 Å². The van der Waals surface area contributed by atoms with Crippen molar-refractivity contribution in [2.75, 3.05) is 7.11 Å². The van der Waals surface area contributed by atoms with Crippen LogP contribution in [0.1, 0.15) is 37.4 Å². The number of hydrogen-bond donors (Lipinski definition) is 2. The maximum absolute atomic E-state index is 13.2. The van der Waals surface area contributed by atoms with Crippen LogP contribution < -0.4 is 11.1 Å². The van der Waals surface area contributed by atoms with E-state index in [1.54, 1.807) is 0 Å². The maximum Gasteiger partial charge on any atom is 0.416 e. The summed E-state index contributed by atoms with van der Waals surface area (Å²) in [5, 5.41) is 3.00. The second-order valence-corrected chi connectivity index (χ2v) is 6.42. The third kappa shape index (κ3) is 3.35. The highest BCUT2D eigenvalue weighted by Gasteiger charge is 2.48. The van der Waals surface area contributed by atoms with Gasteiger partial charge in [-0.05, 0) is 23.5 Å². The molecule has 1 saturated carbocycles. The minimum Gasteiger partial charge on any atom is -0.468 e. The Morgan fingerprint density at radius 1 is 1.39 bits per heavy atom. The van der Waals surface area contributed by atoms with E-state index in [1.807, 2.05) is 13.8 Å². The summed E-state index contributed by atoms with van der Waals surface area (Å²) in [6.45, 7) is 3.84. The van der Waals surface area contributed by atoms with E-state index < -0.39 is 23.8 Å². The zero-order chi connectivity index (χ0) is 17.4. The van der Waals surface area contributed by atoms with Gasteiger partial charge in [0.15, 0.2) is 0 Å². The molecule has 4 nitrogen and oxygen atoms in total. The average Bonchev–Trinajstić information content (AvgIpc) is 2.49. The first-order valence-corrected chi connectivity index (χ1v) is 7.34. The number of methoxy groups -OCH3 is 1. The van der Waals surface area contributed by atoms with Gasteiger partial charge >= 0.3 is 12.1 Å². The first kappa shape index (κ1) is 17.7. The van der Waals surface area contributed by atoms with Crippen LogP contribution >= 0.6 is 0 Å². The number of carbonyl (C=O) groups excluding carboxylic acids is 1. The molecule has 0 aliphatic heterocycles. The van der Waals surface area contributed by atoms with E-state index in [9.17, 15) is 18.0 Å². The summed E-state index contributed by atoms with van der Waals surface area (Å²) in [6.07, 6.45) is -3.95. The number of ether oxygens (including phenoxy) is 1. The number of rotatable bonds is 4. The molecular weight excluding hydrogens is 309 g/mol. The molecule has 0 aromatic heterocycles. The normalized spacial score (nSPS) is 24.7. The highest BCUT2D eigenvalue weighted by Crippen LogP contribution is 2.41. The van der Waals surface area contributed by atoms with E-state index in [0.717, 1.165) is 13.2 Å². The molecule has 128 valence electrons. The largest absolute Gasteiger partial charge is 0.468 e. The summed E-state index contributed by atoms with van der Waals surface area (Å²) in [5.74, 6) is -0.752. The van der Waals surface area contributed by atoms with E-state index in [0.29, 0.717) is 6.42 Å². The molecule has 2 rings (SSSR count). The third-order valence-corrected chi connectivity index (χ3v) is 4.73. The van der Waals surface area contributed by atoms with Crippen LogP contribution in [0.5, 0.6) is 0 Å². The van der Waals surface area contributed by atoms with Crippen LogP contribution in [0.15, 0.2) is 24.3 Å². The fourth-order valence-corrected chi connectivity index (χ4v) is 2.85. The van der Waals surface area contributed by atoms with E-state index in [1.165, 1.54) is 18.2 Å². The second kappa shape index (κ2) is 6.13. The lowest BCUT2D eigenvalue weighted by Crippen LogP contribution is -2.64. The first-order valence-electron chi connectivity index (χ1n) is 7.34. The van der Waals surface area contributed by atoms with Crippen LogP contribution in [0.4, 0.5) is 13.2 Å². The molecule has 0 bridgehead atoms. The number of carbonyl (C=O) groups is 1. The molecule has 0 spiro atoms. The van der Waals surface area contributed by atoms with Crippen LogP contribution in [0.3, 0.4) is 0 Å². The molecule has 1 fully saturated rings. The molecular formula is C16H21F3N2O2. The standard InChI is InChI=1S/C16H21F3N2O2/c1-15(2)11(20)8-12(15)21-13(14(22)23-3)9-6-4-5-7-10(9)16(17,18)19/h4-7,11-13,21H,8,20H2,1-3H3. The SMILES string of the molecule is COC(=O)C(NC1CC(N)C1(C)C)c1ccccc1C(F)(F)F. The molecule has 1 aromatic rings. The Morgan fingerprint density at radius 3 is 2.48 bits per heavy atom. The number of esters is 1. The Balaban J connectivity index is 2.36. The van der Waals surface area contributed by atoms with Gasteiger partial charge in [0.25, 0.3) is 0 Å². The molecule has 23 heavy (non-hydrogen) atoms. The predicted octanol–water partition coefficient (Wildman–Crippen LogP) is 2.63. The lowest BCUT2D eigenvalue weighted by atomic mass is 9.63. The minimum atomic E-state index is -4.55. The first-order chi connectivity index (χ1) is 10.6. The van der Waals surface area contributed by atoms with Crippen LogP contribution in [0.2, 0.25) is 0 Å². The Hall–Kier alpha value is -1.60. The van der Waals surface area contributed by atoms with Crippen LogP contribution in [0, 0.1) is 5.41 Å². The van der Waals surface area contributed by atoms with Gasteiger partial charge in [-0.25, -0.2) is 4.79 Å². The highest BCUT2D eigenvalue weighted by atomic mass is 19.4. The van der Waals surface area contributed by atoms with Gasteiger partial charge in [0.1, 0.15) is 6.04 Å². The van der Waals surface area contributed by atoms with E-state index >= 15 is 0 Å². The topological polar surface area (TPSA) is 64.3 Å². The summed E-state index contributed by atoms with van der Waals surface area (Å²) < 4.78 is 44.4. The fraction of sp³-hybridized carbons (Fsp3) is 0.562. The molecule has 1 aliphatic rings. The van der Waals surface area contributed by atoms with Crippen molar-refractivity contribution < 1.29 is 22.7 Å². The third-order valence-electron chi connectivity index (χ3n) is 4.73. The molecule has 0 heterocycles. The number of halogens is 3. The fourth-order valence-electron chi connectivity index (χ4n) is 2.85. The molecule has 7 heteroatoms. The molecule has 1 aromatic carbocycles. The molecule has 0 saturated heterocycles. The van der Waals surface area contributed by atoms with E-state index in [4.69, 9.17) is 10.5 Å². The zero-order valence-corrected chi connectivity index (χ0v) is 13.3. The van der Waals surface area contributed by atoms with Crippen molar-refractivity contribution in [3.05, 3.63) is 35.4 Å². The minimum absolute atomic E-state index is 0.0591. The number of alkyl halides is 3. The Labute approximate surface area is 133 Å². The summed E-state index contributed by atoms with van der Waals surface area (Å²) in [6, 6.07) is 3.62.